The fourth-order valence-corrected chi connectivity index (χ4v) is 3.93. The van der Waals surface area contributed by atoms with Crippen molar-refractivity contribution in [2.45, 2.75) is 122 Å². The van der Waals surface area contributed by atoms with Crippen molar-refractivity contribution in [2.75, 3.05) is 41.0 Å². The lowest BCUT2D eigenvalue weighted by Crippen LogP contribution is -2.55. The summed E-state index contributed by atoms with van der Waals surface area (Å²) in [4.78, 5) is 35.7. The minimum atomic E-state index is -1.13. The molecule has 0 spiro atoms. The number of hydrogen-bond donors (Lipinski definition) is 0. The number of carboxylic acids is 1. The third-order valence-corrected chi connectivity index (χ3v) is 6.24. The van der Waals surface area contributed by atoms with Crippen LogP contribution in [0.2, 0.25) is 0 Å². The molecule has 36 heavy (non-hydrogen) atoms. The summed E-state index contributed by atoms with van der Waals surface area (Å²) >= 11 is 0. The monoisotopic (exact) mass is 515 g/mol. The van der Waals surface area contributed by atoms with Crippen LogP contribution in [-0.2, 0) is 28.6 Å². The van der Waals surface area contributed by atoms with Crippen LogP contribution < -0.4 is 5.11 Å². The first-order chi connectivity index (χ1) is 17.1. The number of rotatable bonds is 24. The summed E-state index contributed by atoms with van der Waals surface area (Å²) in [5, 5.41) is 11.4. The third kappa shape index (κ3) is 19.5. The van der Waals surface area contributed by atoms with Gasteiger partial charge in [0, 0.05) is 19.3 Å². The number of nitrogens with zero attached hydrogens (tertiary/aromatic N) is 1. The van der Waals surface area contributed by atoms with Gasteiger partial charge in [-0.05, 0) is 12.8 Å². The van der Waals surface area contributed by atoms with E-state index >= 15 is 0 Å². The number of likely N-dealkylation sites (N-methyl/N-ethyl adjacent to an activating group) is 1. The molecule has 0 aliphatic rings. The molecule has 0 rings (SSSR count). The molecule has 0 radical (unpaired) electrons. The lowest BCUT2D eigenvalue weighted by Gasteiger charge is -2.34. The van der Waals surface area contributed by atoms with Crippen molar-refractivity contribution in [2.24, 2.45) is 0 Å². The smallest absolute Gasteiger partial charge is 0.306 e. The SMILES string of the molecule is CCCCCCCCCCCCC(=O)OC(COCCC(C(=O)[O-])[N+](C)(C)C)COC(=O)CCCC. The molecule has 2 atom stereocenters. The molecule has 0 bridgehead atoms. The minimum Gasteiger partial charge on any atom is -0.544 e. The second-order valence-electron chi connectivity index (χ2n) is 10.6. The van der Waals surface area contributed by atoms with E-state index in [1.165, 1.54) is 44.9 Å². The minimum absolute atomic E-state index is 0.0434. The van der Waals surface area contributed by atoms with E-state index in [4.69, 9.17) is 14.2 Å². The predicted octanol–water partition coefficient (Wildman–Crippen LogP) is 4.17. The van der Waals surface area contributed by atoms with E-state index in [-0.39, 0.29) is 42.7 Å². The average Bonchev–Trinajstić information content (AvgIpc) is 2.80. The van der Waals surface area contributed by atoms with Crippen molar-refractivity contribution in [3.8, 4) is 0 Å². The van der Waals surface area contributed by atoms with Gasteiger partial charge in [0.05, 0.1) is 40.3 Å². The highest BCUT2D eigenvalue weighted by molar-refractivity contribution is 5.70. The van der Waals surface area contributed by atoms with Crippen molar-refractivity contribution in [3.63, 3.8) is 0 Å². The quantitative estimate of drug-likeness (QED) is 0.108. The number of hydrogen-bond acceptors (Lipinski definition) is 7. The van der Waals surface area contributed by atoms with E-state index in [2.05, 4.69) is 6.92 Å². The molecule has 0 aromatic heterocycles. The van der Waals surface area contributed by atoms with Gasteiger partial charge in [0.25, 0.3) is 0 Å². The summed E-state index contributed by atoms with van der Waals surface area (Å²) in [5.41, 5.74) is 0. The van der Waals surface area contributed by atoms with Crippen LogP contribution in [-0.4, -0.2) is 75.5 Å². The first kappa shape index (κ1) is 34.3. The number of unbranched alkanes of at least 4 members (excludes halogenated alkanes) is 10. The highest BCUT2D eigenvalue weighted by Gasteiger charge is 2.25. The van der Waals surface area contributed by atoms with Crippen molar-refractivity contribution in [3.05, 3.63) is 0 Å². The molecule has 0 saturated carbocycles. The predicted molar refractivity (Wildman–Crippen MR) is 139 cm³/mol. The van der Waals surface area contributed by atoms with Crippen LogP contribution in [0, 0.1) is 0 Å². The van der Waals surface area contributed by atoms with Crippen molar-refractivity contribution >= 4 is 17.9 Å². The van der Waals surface area contributed by atoms with Gasteiger partial charge in [-0.2, -0.15) is 0 Å². The second-order valence-corrected chi connectivity index (χ2v) is 10.6. The Morgan fingerprint density at radius 1 is 0.722 bits per heavy atom. The summed E-state index contributed by atoms with van der Waals surface area (Å²) in [7, 11) is 5.36. The molecule has 0 aliphatic heterocycles. The number of carbonyl (C=O) groups is 3. The zero-order valence-corrected chi connectivity index (χ0v) is 23.7. The maximum atomic E-state index is 12.4. The molecule has 8 heteroatoms. The van der Waals surface area contributed by atoms with Crippen LogP contribution in [0.4, 0.5) is 0 Å². The van der Waals surface area contributed by atoms with Gasteiger partial charge < -0.3 is 28.6 Å². The molecular weight excluding hydrogens is 462 g/mol. The largest absolute Gasteiger partial charge is 0.544 e. The van der Waals surface area contributed by atoms with Crippen molar-refractivity contribution in [1.29, 1.82) is 0 Å². The molecule has 212 valence electrons. The van der Waals surface area contributed by atoms with Crippen molar-refractivity contribution < 1.29 is 38.2 Å². The van der Waals surface area contributed by atoms with E-state index < -0.39 is 18.1 Å². The van der Waals surface area contributed by atoms with Gasteiger partial charge in [0.2, 0.25) is 0 Å². The van der Waals surface area contributed by atoms with Gasteiger partial charge in [0.1, 0.15) is 12.6 Å². The molecule has 0 fully saturated rings. The Hall–Kier alpha value is -1.67. The van der Waals surface area contributed by atoms with Crippen molar-refractivity contribution in [1.82, 2.24) is 0 Å². The van der Waals surface area contributed by atoms with E-state index in [1.54, 1.807) is 21.1 Å². The summed E-state index contributed by atoms with van der Waals surface area (Å²) in [6, 6.07) is -0.714. The molecule has 0 aromatic carbocycles. The highest BCUT2D eigenvalue weighted by Crippen LogP contribution is 2.12. The van der Waals surface area contributed by atoms with Crippen LogP contribution in [0.5, 0.6) is 0 Å². The van der Waals surface area contributed by atoms with Crippen LogP contribution in [0.15, 0.2) is 0 Å². The summed E-state index contributed by atoms with van der Waals surface area (Å²) in [6.07, 6.45) is 13.7. The van der Waals surface area contributed by atoms with Gasteiger partial charge in [-0.25, -0.2) is 0 Å². The van der Waals surface area contributed by atoms with Gasteiger partial charge in [0.15, 0.2) is 6.10 Å². The van der Waals surface area contributed by atoms with E-state index in [9.17, 15) is 19.5 Å². The molecule has 8 nitrogen and oxygen atoms in total. The van der Waals surface area contributed by atoms with Crippen LogP contribution in [0.1, 0.15) is 110 Å². The molecule has 0 aromatic rings. The third-order valence-electron chi connectivity index (χ3n) is 6.24. The topological polar surface area (TPSA) is 102 Å². The Kier molecular flexibility index (Phi) is 20.4. The Balaban J connectivity index is 4.39. The molecule has 0 heterocycles. The lowest BCUT2D eigenvalue weighted by atomic mass is 10.1. The summed E-state index contributed by atoms with van der Waals surface area (Å²) in [6.45, 7) is 4.37. The number of quaternary nitrogens is 1. The second kappa shape index (κ2) is 21.4. The maximum Gasteiger partial charge on any atom is 0.306 e. The molecular formula is C28H53NO7. The zero-order chi connectivity index (χ0) is 27.2. The normalized spacial score (nSPS) is 13.2. The fourth-order valence-electron chi connectivity index (χ4n) is 3.93. The number of ether oxygens (including phenoxy) is 3. The number of aliphatic carboxylic acids is 1. The van der Waals surface area contributed by atoms with Crippen LogP contribution in [0.3, 0.4) is 0 Å². The first-order valence-electron chi connectivity index (χ1n) is 14.1. The van der Waals surface area contributed by atoms with Crippen LogP contribution >= 0.6 is 0 Å². The Bertz CT molecular complexity index is 589. The number of carbonyl (C=O) groups excluding carboxylic acids is 3. The lowest BCUT2D eigenvalue weighted by molar-refractivity contribution is -0.889. The molecule has 2 unspecified atom stereocenters. The van der Waals surface area contributed by atoms with Gasteiger partial charge in [-0.3, -0.25) is 9.59 Å². The standard InChI is InChI=1S/C28H53NO7/c1-6-8-10-11-12-13-14-15-16-17-19-27(31)36-24(23-35-26(30)18-9-7-2)22-34-21-20-25(28(32)33)29(3,4)5/h24-25H,6-23H2,1-5H3. The zero-order valence-electron chi connectivity index (χ0n) is 23.7. The summed E-state index contributed by atoms with van der Waals surface area (Å²) < 4.78 is 16.7. The Morgan fingerprint density at radius 3 is 1.78 bits per heavy atom. The van der Waals surface area contributed by atoms with Gasteiger partial charge in [-0.1, -0.05) is 78.1 Å². The molecule has 0 N–H and O–H groups in total. The Morgan fingerprint density at radius 2 is 1.25 bits per heavy atom. The highest BCUT2D eigenvalue weighted by atomic mass is 16.6. The average molecular weight is 516 g/mol. The Labute approximate surface area is 219 Å². The first-order valence-corrected chi connectivity index (χ1v) is 14.1. The maximum absolute atomic E-state index is 12.4. The molecule has 0 saturated heterocycles. The fraction of sp³-hybridized carbons (Fsp3) is 0.893. The van der Waals surface area contributed by atoms with E-state index in [0.717, 1.165) is 32.1 Å². The van der Waals surface area contributed by atoms with Gasteiger partial charge in [-0.15, -0.1) is 0 Å². The van der Waals surface area contributed by atoms with Crippen LogP contribution in [0.25, 0.3) is 0 Å². The molecule has 0 aliphatic carbocycles. The van der Waals surface area contributed by atoms with E-state index in [0.29, 0.717) is 12.8 Å². The number of carboxylic acid groups (broad SMARTS) is 1. The summed E-state index contributed by atoms with van der Waals surface area (Å²) in [5.74, 6) is -1.78. The molecule has 0 amide bonds. The number of esters is 2. The van der Waals surface area contributed by atoms with E-state index in [1.807, 2.05) is 6.92 Å². The van der Waals surface area contributed by atoms with Gasteiger partial charge >= 0.3 is 11.9 Å².